The van der Waals surface area contributed by atoms with E-state index in [2.05, 4.69) is 5.32 Å². The molecule has 0 spiro atoms. The van der Waals surface area contributed by atoms with Crippen LogP contribution in [0.3, 0.4) is 0 Å². The molecular formula is C16H25NO4. The number of nitrogens with one attached hydrogen (secondary N) is 1. The molecule has 1 aliphatic rings. The maximum absolute atomic E-state index is 9.92. The molecule has 2 unspecified atom stereocenters. The average Bonchev–Trinajstić information content (AvgIpc) is 2.99. The van der Waals surface area contributed by atoms with Gasteiger partial charge in [-0.1, -0.05) is 0 Å². The minimum Gasteiger partial charge on any atom is -0.497 e. The second-order valence-corrected chi connectivity index (χ2v) is 5.39. The lowest BCUT2D eigenvalue weighted by Crippen LogP contribution is -2.27. The highest BCUT2D eigenvalue weighted by Gasteiger charge is 2.16. The zero-order valence-corrected chi connectivity index (χ0v) is 12.8. The van der Waals surface area contributed by atoms with E-state index in [4.69, 9.17) is 14.2 Å². The van der Waals surface area contributed by atoms with Gasteiger partial charge in [0.05, 0.1) is 32.5 Å². The average molecular weight is 295 g/mol. The summed E-state index contributed by atoms with van der Waals surface area (Å²) >= 11 is 0. The zero-order chi connectivity index (χ0) is 15.1. The molecule has 1 fully saturated rings. The maximum atomic E-state index is 9.92. The van der Waals surface area contributed by atoms with Crippen molar-refractivity contribution >= 4 is 5.69 Å². The van der Waals surface area contributed by atoms with E-state index in [0.29, 0.717) is 19.8 Å². The summed E-state index contributed by atoms with van der Waals surface area (Å²) in [5.41, 5.74) is 2.08. The van der Waals surface area contributed by atoms with Gasteiger partial charge in [-0.25, -0.2) is 0 Å². The molecule has 1 aliphatic heterocycles. The Hall–Kier alpha value is -1.30. The highest BCUT2D eigenvalue weighted by Crippen LogP contribution is 2.20. The number of benzene rings is 1. The molecule has 0 bridgehead atoms. The quantitative estimate of drug-likeness (QED) is 0.768. The molecule has 2 atom stereocenters. The summed E-state index contributed by atoms with van der Waals surface area (Å²) < 4.78 is 16.1. The van der Waals surface area contributed by atoms with Gasteiger partial charge in [0.15, 0.2) is 0 Å². The molecule has 0 radical (unpaired) electrons. The summed E-state index contributed by atoms with van der Waals surface area (Å²) in [5, 5.41) is 13.1. The SMILES string of the molecule is COc1ccc(NCC(O)COCC2CCCO2)c(C)c1. The van der Waals surface area contributed by atoms with Gasteiger partial charge in [0.1, 0.15) is 5.75 Å². The molecule has 0 aromatic heterocycles. The molecule has 0 amide bonds. The van der Waals surface area contributed by atoms with Gasteiger partial charge in [0.2, 0.25) is 0 Å². The fourth-order valence-corrected chi connectivity index (χ4v) is 2.36. The lowest BCUT2D eigenvalue weighted by molar-refractivity contribution is -0.0137. The van der Waals surface area contributed by atoms with Crippen molar-refractivity contribution in [1.82, 2.24) is 0 Å². The molecular weight excluding hydrogens is 270 g/mol. The Bertz CT molecular complexity index is 432. The molecule has 2 N–H and O–H groups in total. The lowest BCUT2D eigenvalue weighted by Gasteiger charge is -2.16. The van der Waals surface area contributed by atoms with Crippen molar-refractivity contribution in [3.63, 3.8) is 0 Å². The summed E-state index contributed by atoms with van der Waals surface area (Å²) in [6.45, 7) is 4.18. The van der Waals surface area contributed by atoms with E-state index in [9.17, 15) is 5.11 Å². The highest BCUT2D eigenvalue weighted by atomic mass is 16.5. The van der Waals surface area contributed by atoms with Crippen LogP contribution in [0, 0.1) is 6.92 Å². The first-order valence-corrected chi connectivity index (χ1v) is 7.45. The van der Waals surface area contributed by atoms with Gasteiger partial charge in [-0.05, 0) is 43.5 Å². The summed E-state index contributed by atoms with van der Waals surface area (Å²) in [6.07, 6.45) is 1.83. The van der Waals surface area contributed by atoms with Crippen LogP contribution in [0.25, 0.3) is 0 Å². The number of aryl methyl sites for hydroxylation is 1. The maximum Gasteiger partial charge on any atom is 0.119 e. The molecule has 1 aromatic rings. The molecule has 0 aliphatic carbocycles. The van der Waals surface area contributed by atoms with Gasteiger partial charge < -0.3 is 24.6 Å². The van der Waals surface area contributed by atoms with Crippen LogP contribution in [0.5, 0.6) is 5.75 Å². The molecule has 1 aromatic carbocycles. The number of aliphatic hydroxyl groups excluding tert-OH is 1. The van der Waals surface area contributed by atoms with E-state index < -0.39 is 6.10 Å². The first-order valence-electron chi connectivity index (χ1n) is 7.45. The van der Waals surface area contributed by atoms with Crippen molar-refractivity contribution < 1.29 is 19.3 Å². The summed E-state index contributed by atoms with van der Waals surface area (Å²) in [6, 6.07) is 5.81. The standard InChI is InChI=1S/C16H25NO4/c1-12-8-14(19-2)5-6-16(12)17-9-13(18)10-20-11-15-4-3-7-21-15/h5-6,8,13,15,17-18H,3-4,7,9-11H2,1-2H3. The van der Waals surface area contributed by atoms with Crippen molar-refractivity contribution in [2.24, 2.45) is 0 Å². The van der Waals surface area contributed by atoms with Gasteiger partial charge in [-0.15, -0.1) is 0 Å². The molecule has 1 saturated heterocycles. The van der Waals surface area contributed by atoms with Crippen molar-refractivity contribution in [3.8, 4) is 5.75 Å². The Kier molecular flexibility index (Phi) is 6.29. The molecule has 1 heterocycles. The minimum absolute atomic E-state index is 0.203. The Morgan fingerprint density at radius 2 is 2.33 bits per heavy atom. The van der Waals surface area contributed by atoms with Crippen LogP contribution >= 0.6 is 0 Å². The van der Waals surface area contributed by atoms with E-state index >= 15 is 0 Å². The van der Waals surface area contributed by atoms with Gasteiger partial charge in [0, 0.05) is 18.8 Å². The van der Waals surface area contributed by atoms with Gasteiger partial charge in [-0.3, -0.25) is 0 Å². The number of methoxy groups -OCH3 is 1. The lowest BCUT2D eigenvalue weighted by atomic mass is 10.2. The normalized spacial score (nSPS) is 19.5. The fourth-order valence-electron chi connectivity index (χ4n) is 2.36. The monoisotopic (exact) mass is 295 g/mol. The van der Waals surface area contributed by atoms with Gasteiger partial charge >= 0.3 is 0 Å². The third-order valence-electron chi connectivity index (χ3n) is 3.60. The third-order valence-corrected chi connectivity index (χ3v) is 3.60. The highest BCUT2D eigenvalue weighted by molar-refractivity contribution is 5.53. The van der Waals surface area contributed by atoms with Crippen molar-refractivity contribution in [3.05, 3.63) is 23.8 Å². The molecule has 5 heteroatoms. The largest absolute Gasteiger partial charge is 0.497 e. The van der Waals surface area contributed by atoms with Crippen molar-refractivity contribution in [2.45, 2.75) is 32.0 Å². The van der Waals surface area contributed by atoms with Crippen LogP contribution < -0.4 is 10.1 Å². The number of aliphatic hydroxyl groups is 1. The first-order chi connectivity index (χ1) is 10.2. The van der Waals surface area contributed by atoms with Gasteiger partial charge in [0.25, 0.3) is 0 Å². The molecule has 21 heavy (non-hydrogen) atoms. The smallest absolute Gasteiger partial charge is 0.119 e. The van der Waals surface area contributed by atoms with Crippen LogP contribution in [0.15, 0.2) is 18.2 Å². The summed E-state index contributed by atoms with van der Waals surface area (Å²) in [7, 11) is 1.65. The third kappa shape index (κ3) is 5.19. The van der Waals surface area contributed by atoms with E-state index in [1.54, 1.807) is 7.11 Å². The molecule has 118 valence electrons. The Labute approximate surface area is 126 Å². The van der Waals surface area contributed by atoms with E-state index in [1.807, 2.05) is 25.1 Å². The predicted molar refractivity (Wildman–Crippen MR) is 82.0 cm³/mol. The summed E-state index contributed by atoms with van der Waals surface area (Å²) in [4.78, 5) is 0. The minimum atomic E-state index is -0.534. The molecule has 0 saturated carbocycles. The van der Waals surface area contributed by atoms with E-state index in [-0.39, 0.29) is 6.10 Å². The van der Waals surface area contributed by atoms with Crippen LogP contribution in [-0.2, 0) is 9.47 Å². The van der Waals surface area contributed by atoms with Crippen molar-refractivity contribution in [1.29, 1.82) is 0 Å². The van der Waals surface area contributed by atoms with Crippen LogP contribution in [0.1, 0.15) is 18.4 Å². The van der Waals surface area contributed by atoms with Crippen LogP contribution in [0.4, 0.5) is 5.69 Å². The number of anilines is 1. The second kappa shape index (κ2) is 8.22. The Balaban J connectivity index is 1.67. The number of ether oxygens (including phenoxy) is 3. The van der Waals surface area contributed by atoms with Crippen molar-refractivity contribution in [2.75, 3.05) is 38.8 Å². The Morgan fingerprint density at radius 1 is 1.48 bits per heavy atom. The zero-order valence-electron chi connectivity index (χ0n) is 12.8. The molecule has 5 nitrogen and oxygen atoms in total. The Morgan fingerprint density at radius 3 is 3.00 bits per heavy atom. The molecule has 2 rings (SSSR count). The topological polar surface area (TPSA) is 60.0 Å². The number of hydrogen-bond donors (Lipinski definition) is 2. The van der Waals surface area contributed by atoms with E-state index in [1.165, 1.54) is 0 Å². The number of rotatable bonds is 8. The van der Waals surface area contributed by atoms with E-state index in [0.717, 1.165) is 36.4 Å². The van der Waals surface area contributed by atoms with Crippen LogP contribution in [0.2, 0.25) is 0 Å². The summed E-state index contributed by atoms with van der Waals surface area (Å²) in [5.74, 6) is 0.832. The number of hydrogen-bond acceptors (Lipinski definition) is 5. The van der Waals surface area contributed by atoms with Gasteiger partial charge in [-0.2, -0.15) is 0 Å². The fraction of sp³-hybridized carbons (Fsp3) is 0.625. The van der Waals surface area contributed by atoms with Crippen LogP contribution in [-0.4, -0.2) is 50.8 Å². The predicted octanol–water partition coefficient (Wildman–Crippen LogP) is 1.97. The second-order valence-electron chi connectivity index (χ2n) is 5.39. The first kappa shape index (κ1) is 16.1.